The van der Waals surface area contributed by atoms with E-state index in [4.69, 9.17) is 25.5 Å². The van der Waals surface area contributed by atoms with Crippen molar-refractivity contribution in [1.82, 2.24) is 0 Å². The average molecular weight is 911 g/mol. The molecule has 0 heterocycles. The molecule has 10 nitrogen and oxygen atoms in total. The smallest absolute Gasteiger partial charge is 0.306 e. The first-order valence-electron chi connectivity index (χ1n) is 19.8. The van der Waals surface area contributed by atoms with Crippen molar-refractivity contribution in [3.63, 3.8) is 0 Å². The number of carboxylic acid groups (broad SMARTS) is 5. The zero-order chi connectivity index (χ0) is 40.8. The van der Waals surface area contributed by atoms with Crippen molar-refractivity contribution in [2.75, 3.05) is 0 Å². The molecule has 0 rings (SSSR count). The number of carbonyl (C=O) groups is 5. The Hall–Kier alpha value is -0.689. The van der Waals surface area contributed by atoms with E-state index in [0.717, 1.165) is 123 Å². The van der Waals surface area contributed by atoms with Crippen molar-refractivity contribution >= 4 is 29.8 Å². The van der Waals surface area contributed by atoms with Gasteiger partial charge in [0.05, 0.1) is 23.7 Å². The molecular weight excluding hydrogens is 831 g/mol. The Bertz CT molecular complexity index is 737. The summed E-state index contributed by atoms with van der Waals surface area (Å²) >= 11 is 1.18. The quantitative estimate of drug-likeness (QED) is 0.0590. The van der Waals surface area contributed by atoms with Crippen molar-refractivity contribution in [2.45, 2.75) is 193 Å². The molecule has 308 valence electrons. The fraction of sp³-hybridized carbons (Fsp3) is 0.875. The first-order valence-corrected chi connectivity index (χ1v) is 21.6. The molecule has 52 heavy (non-hydrogen) atoms. The Morgan fingerprint density at radius 1 is 0.385 bits per heavy atom. The van der Waals surface area contributed by atoms with Gasteiger partial charge in [0.1, 0.15) is 0 Å². The summed E-state index contributed by atoms with van der Waals surface area (Å²) in [7, 11) is 0. The number of hydrogen-bond donors (Lipinski definition) is 5. The molecule has 0 fully saturated rings. The van der Waals surface area contributed by atoms with Crippen LogP contribution in [-0.2, 0) is 42.5 Å². The number of carboxylic acids is 5. The molecule has 6 atom stereocenters. The van der Waals surface area contributed by atoms with Gasteiger partial charge in [0.2, 0.25) is 0 Å². The Kier molecular flexibility index (Phi) is 56.5. The molecule has 0 aromatic carbocycles. The van der Waals surface area contributed by atoms with Crippen LogP contribution < -0.4 is 0 Å². The predicted octanol–water partition coefficient (Wildman–Crippen LogP) is 11.4. The van der Waals surface area contributed by atoms with E-state index in [0.29, 0.717) is 0 Å². The summed E-state index contributed by atoms with van der Waals surface area (Å²) in [6, 6.07) is 0. The number of aliphatic carboxylic acids is 5. The van der Waals surface area contributed by atoms with E-state index in [1.165, 1.54) is 39.6 Å². The molecule has 0 saturated heterocycles. The third-order valence-electron chi connectivity index (χ3n) is 8.78. The molecular formula is C40H79CeO10V. The van der Waals surface area contributed by atoms with Gasteiger partial charge in [0.25, 0.3) is 0 Å². The summed E-state index contributed by atoms with van der Waals surface area (Å²) in [5.41, 5.74) is 0. The molecule has 0 amide bonds. The molecule has 0 aliphatic carbocycles. The Balaban J connectivity index is -0.000000127. The van der Waals surface area contributed by atoms with Gasteiger partial charge in [-0.15, -0.1) is 0 Å². The topological polar surface area (TPSA) is 186 Å². The van der Waals surface area contributed by atoms with Gasteiger partial charge < -0.3 is 20.4 Å². The van der Waals surface area contributed by atoms with E-state index >= 15 is 0 Å². The summed E-state index contributed by atoms with van der Waals surface area (Å²) in [5, 5.41) is 43.1. The summed E-state index contributed by atoms with van der Waals surface area (Å²) < 4.78 is 0.753. The number of rotatable bonds is 25. The Labute approximate surface area is 357 Å². The van der Waals surface area contributed by atoms with E-state index in [9.17, 15) is 24.0 Å². The number of unbranched alkanes of at least 4 members (excludes halogenated alkanes) is 4. The maximum absolute atomic E-state index is 10.6. The second kappa shape index (κ2) is 46.5. The summed E-state index contributed by atoms with van der Waals surface area (Å²) in [4.78, 5) is 52.3. The second-order valence-corrected chi connectivity index (χ2v) is 16.4. The van der Waals surface area contributed by atoms with Crippen molar-refractivity contribution in [3.05, 3.63) is 0 Å². The molecule has 0 bridgehead atoms. The van der Waals surface area contributed by atoms with Crippen LogP contribution in [0.2, 0.25) is 1.44 Å². The van der Waals surface area contributed by atoms with Crippen molar-refractivity contribution in [3.8, 4) is 0 Å². The van der Waals surface area contributed by atoms with Crippen molar-refractivity contribution in [2.24, 2.45) is 29.6 Å². The predicted molar refractivity (Wildman–Crippen MR) is 204 cm³/mol. The van der Waals surface area contributed by atoms with Crippen LogP contribution in [-0.4, -0.2) is 55.4 Å². The maximum atomic E-state index is 10.6. The van der Waals surface area contributed by atoms with E-state index < -0.39 is 29.8 Å². The first-order chi connectivity index (χ1) is 23.9. The van der Waals surface area contributed by atoms with E-state index in [-0.39, 0.29) is 48.1 Å². The molecule has 6 unspecified atom stereocenters. The fourth-order valence-electron chi connectivity index (χ4n) is 4.76. The molecule has 0 aliphatic heterocycles. The molecule has 5 N–H and O–H groups in total. The molecule has 1 radical (unpaired) electrons. The standard InChI is InChI=1S/4C8H16O2.C8H15O2.Ce.V/c5*1-3-5-6-7(4-2)8(9)10;;/h4*7H,3-6H2,1-2H3,(H,9,10);3,7H,4-6H2,1-2H3,(H,9,10);;. The van der Waals surface area contributed by atoms with Crippen LogP contribution in [0.4, 0.5) is 0 Å². The molecule has 12 heteroatoms. The molecule has 0 aromatic rings. The minimum absolute atomic E-state index is 0. The first kappa shape index (κ1) is 63.3. The zero-order valence-electron chi connectivity index (χ0n) is 34.6. The van der Waals surface area contributed by atoms with Crippen LogP contribution in [0.5, 0.6) is 0 Å². The van der Waals surface area contributed by atoms with Gasteiger partial charge in [-0.3, -0.25) is 19.2 Å². The second-order valence-electron chi connectivity index (χ2n) is 13.3. The van der Waals surface area contributed by atoms with Gasteiger partial charge in [0, 0.05) is 18.6 Å². The zero-order valence-corrected chi connectivity index (χ0v) is 39.2. The van der Waals surface area contributed by atoms with Gasteiger partial charge in [-0.1, -0.05) is 107 Å². The van der Waals surface area contributed by atoms with Crippen LogP contribution in [0.3, 0.4) is 0 Å². The van der Waals surface area contributed by atoms with Crippen LogP contribution in [0, 0.1) is 69.2 Å². The SMILES string of the molecule is CCC(CC[CH](C)[Ce])C(=O)O.CCCCC(CC)C(=O)O.CCCCC(CC)C(=O)O.CCCCC(CC)C(=O)O.CCCCC(CC)C(=O)O.[V]. The van der Waals surface area contributed by atoms with E-state index in [2.05, 4.69) is 34.6 Å². The van der Waals surface area contributed by atoms with E-state index in [1.807, 2.05) is 34.6 Å². The summed E-state index contributed by atoms with van der Waals surface area (Å²) in [5.74, 6) is -3.75. The average Bonchev–Trinajstić information content (AvgIpc) is 3.07. The minimum Gasteiger partial charge on any atom is -0.481 e. The minimum atomic E-state index is -0.643. The monoisotopic (exact) mass is 910 g/mol. The van der Waals surface area contributed by atoms with Gasteiger partial charge >= 0.3 is 120 Å². The third-order valence-corrected chi connectivity index (χ3v) is 9.69. The van der Waals surface area contributed by atoms with Gasteiger partial charge in [-0.25, -0.2) is 0 Å². The Morgan fingerprint density at radius 2 is 0.558 bits per heavy atom. The summed E-state index contributed by atoms with van der Waals surface area (Å²) in [6.07, 6.45) is 17.6. The molecule has 0 aromatic heterocycles. The molecule has 0 spiro atoms. The number of hydrogen-bond acceptors (Lipinski definition) is 5. The Morgan fingerprint density at radius 3 is 0.673 bits per heavy atom. The normalized spacial score (nSPS) is 13.3. The van der Waals surface area contributed by atoms with Crippen molar-refractivity contribution in [1.29, 1.82) is 0 Å². The molecule has 0 saturated carbocycles. The van der Waals surface area contributed by atoms with Crippen LogP contribution >= 0.6 is 0 Å². The van der Waals surface area contributed by atoms with Crippen LogP contribution in [0.15, 0.2) is 0 Å². The van der Waals surface area contributed by atoms with Gasteiger partial charge in [0.15, 0.2) is 0 Å². The van der Waals surface area contributed by atoms with Crippen LogP contribution in [0.1, 0.15) is 191 Å². The van der Waals surface area contributed by atoms with Gasteiger partial charge in [-0.05, 0) is 51.4 Å². The summed E-state index contributed by atoms with van der Waals surface area (Å²) in [6.45, 7) is 20.1. The van der Waals surface area contributed by atoms with Gasteiger partial charge in [-0.2, -0.15) is 0 Å². The van der Waals surface area contributed by atoms with Crippen molar-refractivity contribution < 1.29 is 108 Å². The van der Waals surface area contributed by atoms with Crippen LogP contribution in [0.25, 0.3) is 0 Å². The largest absolute Gasteiger partial charge is 0.481 e. The third kappa shape index (κ3) is 45.5. The molecule has 0 aliphatic rings. The maximum Gasteiger partial charge on any atom is 0.306 e. The van der Waals surface area contributed by atoms with E-state index in [1.54, 1.807) is 0 Å². The fourth-order valence-corrected chi connectivity index (χ4v) is 5.29.